The van der Waals surface area contributed by atoms with Gasteiger partial charge in [-0.2, -0.15) is 5.10 Å². The molecule has 3 rings (SSSR count). The molecule has 1 aromatic carbocycles. The molecule has 1 aliphatic rings. The summed E-state index contributed by atoms with van der Waals surface area (Å²) in [5.41, 5.74) is 3.62. The van der Waals surface area contributed by atoms with E-state index < -0.39 is 0 Å². The molecule has 140 valence electrons. The standard InChI is InChI=1S/C21H29N3O2/c1-13-7-10-19(26-6)16(11-13)14(2)22-20(25)17-12-18(15-8-9-15)24(23-17)21(3,4)5/h7,10-12,14-15H,8-9H2,1-6H3,(H,22,25). The Morgan fingerprint density at radius 3 is 2.58 bits per heavy atom. The molecular formula is C21H29N3O2. The first kappa shape index (κ1) is 18.5. The van der Waals surface area contributed by atoms with Crippen molar-refractivity contribution in [2.45, 2.75) is 65.0 Å². The molecule has 1 unspecified atom stereocenters. The van der Waals surface area contributed by atoms with Gasteiger partial charge in [-0.05, 0) is 59.6 Å². The maximum atomic E-state index is 12.8. The van der Waals surface area contributed by atoms with Crippen LogP contribution in [0.25, 0.3) is 0 Å². The molecular weight excluding hydrogens is 326 g/mol. The molecule has 1 aliphatic carbocycles. The quantitative estimate of drug-likeness (QED) is 0.869. The van der Waals surface area contributed by atoms with Crippen molar-refractivity contribution in [1.29, 1.82) is 0 Å². The zero-order chi connectivity index (χ0) is 19.1. The van der Waals surface area contributed by atoms with Crippen LogP contribution in [0.15, 0.2) is 24.3 Å². The lowest BCUT2D eigenvalue weighted by atomic mass is 10.0. The van der Waals surface area contributed by atoms with Crippen LogP contribution in [0.1, 0.15) is 79.8 Å². The third kappa shape index (κ3) is 3.76. The Labute approximate surface area is 155 Å². The SMILES string of the molecule is COc1ccc(C)cc1C(C)NC(=O)c1cc(C2CC2)n(C(C)(C)C)n1. The number of methoxy groups -OCH3 is 1. The topological polar surface area (TPSA) is 56.1 Å². The van der Waals surface area contributed by atoms with Gasteiger partial charge in [-0.15, -0.1) is 0 Å². The highest BCUT2D eigenvalue weighted by atomic mass is 16.5. The predicted octanol–water partition coefficient (Wildman–Crippen LogP) is 4.32. The predicted molar refractivity (Wildman–Crippen MR) is 103 cm³/mol. The normalized spacial score (nSPS) is 15.6. The van der Waals surface area contributed by atoms with Crippen LogP contribution >= 0.6 is 0 Å². The molecule has 1 N–H and O–H groups in total. The number of hydrogen-bond donors (Lipinski definition) is 1. The molecule has 0 aliphatic heterocycles. The van der Waals surface area contributed by atoms with Crippen LogP contribution in [0.5, 0.6) is 5.75 Å². The molecule has 0 spiro atoms. The third-order valence-electron chi connectivity index (χ3n) is 4.80. The number of nitrogens with one attached hydrogen (secondary N) is 1. The van der Waals surface area contributed by atoms with E-state index in [1.54, 1.807) is 7.11 Å². The van der Waals surface area contributed by atoms with E-state index in [1.807, 2.05) is 42.8 Å². The number of aryl methyl sites for hydroxylation is 1. The van der Waals surface area contributed by atoms with Crippen molar-refractivity contribution < 1.29 is 9.53 Å². The summed E-state index contributed by atoms with van der Waals surface area (Å²) in [5.74, 6) is 1.17. The third-order valence-corrected chi connectivity index (χ3v) is 4.80. The Kier molecular flexibility index (Phi) is 4.82. The first-order valence-electron chi connectivity index (χ1n) is 9.26. The van der Waals surface area contributed by atoms with E-state index in [0.29, 0.717) is 11.6 Å². The molecule has 1 saturated carbocycles. The van der Waals surface area contributed by atoms with Crippen molar-refractivity contribution >= 4 is 5.91 Å². The monoisotopic (exact) mass is 355 g/mol. The highest BCUT2D eigenvalue weighted by molar-refractivity contribution is 5.92. The lowest BCUT2D eigenvalue weighted by molar-refractivity contribution is 0.0933. The summed E-state index contributed by atoms with van der Waals surface area (Å²) in [5, 5.41) is 7.69. The van der Waals surface area contributed by atoms with Crippen LogP contribution in [0.3, 0.4) is 0 Å². The van der Waals surface area contributed by atoms with Gasteiger partial charge < -0.3 is 10.1 Å². The molecule has 1 atom stereocenters. The molecule has 5 heteroatoms. The molecule has 1 amide bonds. The highest BCUT2D eigenvalue weighted by Gasteiger charge is 2.32. The number of carbonyl (C=O) groups excluding carboxylic acids is 1. The highest BCUT2D eigenvalue weighted by Crippen LogP contribution is 2.41. The van der Waals surface area contributed by atoms with E-state index in [1.165, 1.54) is 18.5 Å². The van der Waals surface area contributed by atoms with Crippen LogP contribution in [-0.4, -0.2) is 22.8 Å². The summed E-state index contributed by atoms with van der Waals surface area (Å²) in [6, 6.07) is 7.78. The van der Waals surface area contributed by atoms with Crippen LogP contribution in [0.4, 0.5) is 0 Å². The van der Waals surface area contributed by atoms with Gasteiger partial charge in [-0.3, -0.25) is 9.48 Å². The smallest absolute Gasteiger partial charge is 0.272 e. The zero-order valence-corrected chi connectivity index (χ0v) is 16.6. The molecule has 26 heavy (non-hydrogen) atoms. The van der Waals surface area contributed by atoms with Gasteiger partial charge in [-0.1, -0.05) is 17.7 Å². The van der Waals surface area contributed by atoms with Gasteiger partial charge in [0.1, 0.15) is 11.4 Å². The average Bonchev–Trinajstić information content (AvgIpc) is 3.31. The number of aromatic nitrogens is 2. The van der Waals surface area contributed by atoms with Crippen molar-refractivity contribution in [2.24, 2.45) is 0 Å². The van der Waals surface area contributed by atoms with Crippen molar-refractivity contribution in [3.8, 4) is 5.75 Å². The van der Waals surface area contributed by atoms with Gasteiger partial charge in [0.05, 0.1) is 18.7 Å². The number of hydrogen-bond acceptors (Lipinski definition) is 3. The van der Waals surface area contributed by atoms with Gasteiger partial charge in [-0.25, -0.2) is 0 Å². The fraction of sp³-hybridized carbons (Fsp3) is 0.524. The summed E-state index contributed by atoms with van der Waals surface area (Å²) in [4.78, 5) is 12.8. The van der Waals surface area contributed by atoms with Gasteiger partial charge >= 0.3 is 0 Å². The van der Waals surface area contributed by atoms with E-state index in [0.717, 1.165) is 16.9 Å². The van der Waals surface area contributed by atoms with Crippen molar-refractivity contribution in [3.63, 3.8) is 0 Å². The minimum Gasteiger partial charge on any atom is -0.496 e. The summed E-state index contributed by atoms with van der Waals surface area (Å²) >= 11 is 0. The first-order valence-corrected chi connectivity index (χ1v) is 9.26. The number of benzene rings is 1. The molecule has 5 nitrogen and oxygen atoms in total. The maximum Gasteiger partial charge on any atom is 0.272 e. The average molecular weight is 355 g/mol. The molecule has 0 radical (unpaired) electrons. The molecule has 1 aromatic heterocycles. The second-order valence-electron chi connectivity index (χ2n) is 8.25. The zero-order valence-electron chi connectivity index (χ0n) is 16.6. The summed E-state index contributed by atoms with van der Waals surface area (Å²) in [6.45, 7) is 10.4. The fourth-order valence-corrected chi connectivity index (χ4v) is 3.25. The van der Waals surface area contributed by atoms with E-state index in [-0.39, 0.29) is 17.5 Å². The fourth-order valence-electron chi connectivity index (χ4n) is 3.25. The van der Waals surface area contributed by atoms with E-state index in [2.05, 4.69) is 31.2 Å². The Bertz CT molecular complexity index is 813. The van der Waals surface area contributed by atoms with E-state index >= 15 is 0 Å². The molecule has 2 aromatic rings. The molecule has 1 heterocycles. The Hall–Kier alpha value is -2.30. The Balaban J connectivity index is 1.83. The largest absolute Gasteiger partial charge is 0.496 e. The Morgan fingerprint density at radius 1 is 1.31 bits per heavy atom. The number of carbonyl (C=O) groups is 1. The van der Waals surface area contributed by atoms with Crippen LogP contribution < -0.4 is 10.1 Å². The first-order chi connectivity index (χ1) is 12.2. The lowest BCUT2D eigenvalue weighted by Gasteiger charge is -2.22. The van der Waals surface area contributed by atoms with Crippen molar-refractivity contribution in [2.75, 3.05) is 7.11 Å². The van der Waals surface area contributed by atoms with E-state index in [4.69, 9.17) is 4.74 Å². The number of ether oxygens (including phenoxy) is 1. The summed E-state index contributed by atoms with van der Waals surface area (Å²) in [7, 11) is 1.65. The van der Waals surface area contributed by atoms with Crippen LogP contribution in [-0.2, 0) is 5.54 Å². The minimum absolute atomic E-state index is 0.137. The maximum absolute atomic E-state index is 12.8. The summed E-state index contributed by atoms with van der Waals surface area (Å²) in [6.07, 6.45) is 2.36. The van der Waals surface area contributed by atoms with Crippen molar-refractivity contribution in [1.82, 2.24) is 15.1 Å². The summed E-state index contributed by atoms with van der Waals surface area (Å²) < 4.78 is 7.46. The Morgan fingerprint density at radius 2 is 2.00 bits per heavy atom. The second kappa shape index (κ2) is 6.78. The van der Waals surface area contributed by atoms with E-state index in [9.17, 15) is 4.79 Å². The number of rotatable bonds is 5. The second-order valence-corrected chi connectivity index (χ2v) is 8.25. The molecule has 0 bridgehead atoms. The lowest BCUT2D eigenvalue weighted by Crippen LogP contribution is -2.29. The van der Waals surface area contributed by atoms with Gasteiger partial charge in [0.25, 0.3) is 5.91 Å². The molecule has 1 fully saturated rings. The van der Waals surface area contributed by atoms with Crippen LogP contribution in [0.2, 0.25) is 0 Å². The molecule has 0 saturated heterocycles. The van der Waals surface area contributed by atoms with Crippen molar-refractivity contribution in [3.05, 3.63) is 46.8 Å². The minimum atomic E-state index is -0.165. The van der Waals surface area contributed by atoms with Gasteiger partial charge in [0, 0.05) is 17.2 Å². The van der Waals surface area contributed by atoms with Crippen LogP contribution in [0, 0.1) is 6.92 Å². The van der Waals surface area contributed by atoms with Gasteiger partial charge in [0.15, 0.2) is 0 Å². The van der Waals surface area contributed by atoms with Gasteiger partial charge in [0.2, 0.25) is 0 Å². The number of amides is 1. The number of nitrogens with zero attached hydrogens (tertiary/aromatic N) is 2.